The molecule has 0 saturated heterocycles. The number of nitrogen functional groups attached to an aromatic ring is 1. The van der Waals surface area contributed by atoms with Crippen LogP contribution in [0.1, 0.15) is 5.56 Å². The van der Waals surface area contributed by atoms with E-state index in [1.165, 1.54) is 16.4 Å². The second kappa shape index (κ2) is 5.95. The number of thioether (sulfide) groups is 1. The summed E-state index contributed by atoms with van der Waals surface area (Å²) < 4.78 is 13.0. The molecular formula is C11H12Cl2N4OS2. The molecule has 0 unspecified atom stereocenters. The molecule has 0 fully saturated rings. The summed E-state index contributed by atoms with van der Waals surface area (Å²) in [6, 6.07) is 3.50. The second-order valence-corrected chi connectivity index (χ2v) is 6.62. The van der Waals surface area contributed by atoms with Gasteiger partial charge in [0.15, 0.2) is 0 Å². The highest BCUT2D eigenvalue weighted by atomic mass is 35.5. The molecule has 1 aromatic heterocycles. The molecular weight excluding hydrogens is 339 g/mol. The minimum Gasteiger partial charge on any atom is -0.382 e. The first-order valence-electron chi connectivity index (χ1n) is 5.41. The Morgan fingerprint density at radius 2 is 1.90 bits per heavy atom. The molecule has 1 heterocycles. The third-order valence-corrected chi connectivity index (χ3v) is 4.80. The van der Waals surface area contributed by atoms with Gasteiger partial charge in [-0.2, -0.15) is 5.10 Å². The molecule has 0 aliphatic rings. The molecule has 2 rings (SSSR count). The van der Waals surface area contributed by atoms with Crippen LogP contribution in [0.2, 0.25) is 10.0 Å². The van der Waals surface area contributed by atoms with Gasteiger partial charge in [0.05, 0.1) is 10.0 Å². The number of rotatable bonds is 3. The molecule has 0 bridgehead atoms. The van der Waals surface area contributed by atoms with Crippen LogP contribution in [-0.2, 0) is 11.0 Å². The van der Waals surface area contributed by atoms with E-state index in [9.17, 15) is 4.21 Å². The fourth-order valence-electron chi connectivity index (χ4n) is 1.78. The number of nitrogens with zero attached hydrogens (tertiary/aromatic N) is 2. The van der Waals surface area contributed by atoms with E-state index >= 15 is 0 Å². The lowest BCUT2D eigenvalue weighted by atomic mass is 10.2. The Labute approximate surface area is 133 Å². The van der Waals surface area contributed by atoms with Crippen molar-refractivity contribution in [2.45, 2.75) is 16.8 Å². The SMILES string of the molecule is CSc1nn(-c2c(Cl)cc(C)cc2Cl)c(N)c1[S@@](N)=O. The average molecular weight is 351 g/mol. The Balaban J connectivity index is 2.75. The number of anilines is 1. The molecule has 1 aromatic carbocycles. The lowest BCUT2D eigenvalue weighted by molar-refractivity contribution is 0.683. The lowest BCUT2D eigenvalue weighted by Crippen LogP contribution is -2.08. The lowest BCUT2D eigenvalue weighted by Gasteiger charge is -2.10. The summed E-state index contributed by atoms with van der Waals surface area (Å²) in [6.07, 6.45) is 1.79. The molecule has 1 atom stereocenters. The monoisotopic (exact) mass is 350 g/mol. The zero-order valence-corrected chi connectivity index (χ0v) is 13.8. The van der Waals surface area contributed by atoms with Gasteiger partial charge in [-0.05, 0) is 30.9 Å². The molecule has 20 heavy (non-hydrogen) atoms. The Morgan fingerprint density at radius 3 is 2.30 bits per heavy atom. The van der Waals surface area contributed by atoms with E-state index < -0.39 is 11.0 Å². The van der Waals surface area contributed by atoms with Gasteiger partial charge in [0.25, 0.3) is 0 Å². The topological polar surface area (TPSA) is 86.9 Å². The molecule has 5 nitrogen and oxygen atoms in total. The van der Waals surface area contributed by atoms with Crippen LogP contribution >= 0.6 is 35.0 Å². The molecule has 0 spiro atoms. The molecule has 0 saturated carbocycles. The Bertz CT molecular complexity index is 679. The number of benzene rings is 1. The molecule has 0 radical (unpaired) electrons. The second-order valence-electron chi connectivity index (χ2n) is 4.01. The quantitative estimate of drug-likeness (QED) is 0.833. The first-order valence-corrected chi connectivity index (χ1v) is 8.60. The van der Waals surface area contributed by atoms with E-state index in [4.69, 9.17) is 34.1 Å². The third-order valence-electron chi connectivity index (χ3n) is 2.61. The first-order chi connectivity index (χ1) is 9.36. The van der Waals surface area contributed by atoms with Crippen molar-refractivity contribution in [3.8, 4) is 5.69 Å². The van der Waals surface area contributed by atoms with Crippen molar-refractivity contribution in [1.82, 2.24) is 9.78 Å². The van der Waals surface area contributed by atoms with Crippen LogP contribution in [0.25, 0.3) is 5.69 Å². The third kappa shape index (κ3) is 2.68. The summed E-state index contributed by atoms with van der Waals surface area (Å²) in [7, 11) is -1.74. The van der Waals surface area contributed by atoms with Crippen molar-refractivity contribution >= 4 is 51.8 Å². The van der Waals surface area contributed by atoms with E-state index in [0.29, 0.717) is 20.8 Å². The van der Waals surface area contributed by atoms with Crippen LogP contribution < -0.4 is 10.9 Å². The van der Waals surface area contributed by atoms with Crippen molar-refractivity contribution < 1.29 is 4.21 Å². The first kappa shape index (κ1) is 15.7. The largest absolute Gasteiger partial charge is 0.382 e. The molecule has 0 amide bonds. The van der Waals surface area contributed by atoms with Gasteiger partial charge in [0.2, 0.25) is 0 Å². The molecule has 108 valence electrons. The van der Waals surface area contributed by atoms with Gasteiger partial charge in [0.1, 0.15) is 32.4 Å². The van der Waals surface area contributed by atoms with E-state index in [1.54, 1.807) is 18.4 Å². The predicted molar refractivity (Wildman–Crippen MR) is 85.1 cm³/mol. The number of hydrogen-bond donors (Lipinski definition) is 2. The summed E-state index contributed by atoms with van der Waals surface area (Å²) in [4.78, 5) is 0.283. The van der Waals surface area contributed by atoms with Gasteiger partial charge < -0.3 is 5.73 Å². The number of halogens is 2. The standard InChI is InChI=1S/C11H12Cl2N4OS2/c1-5-3-6(12)8(7(13)4-5)17-10(14)9(20(15)18)11(16-17)19-2/h3-4H,14-15H2,1-2H3/t20-/m0/s1. The van der Waals surface area contributed by atoms with Crippen LogP contribution in [0.5, 0.6) is 0 Å². The average Bonchev–Trinajstić information content (AvgIpc) is 2.65. The van der Waals surface area contributed by atoms with Gasteiger partial charge in [-0.15, -0.1) is 11.8 Å². The van der Waals surface area contributed by atoms with Crippen molar-refractivity contribution in [3.05, 3.63) is 27.7 Å². The van der Waals surface area contributed by atoms with E-state index in [-0.39, 0.29) is 10.7 Å². The maximum Gasteiger partial charge on any atom is 0.146 e. The predicted octanol–water partition coefficient (Wildman–Crippen LogP) is 2.77. The van der Waals surface area contributed by atoms with Gasteiger partial charge in [0, 0.05) is 0 Å². The highest BCUT2D eigenvalue weighted by molar-refractivity contribution is 7.99. The van der Waals surface area contributed by atoms with Crippen LogP contribution in [0, 0.1) is 6.92 Å². The number of nitrogens with two attached hydrogens (primary N) is 2. The normalized spacial score (nSPS) is 12.7. The van der Waals surface area contributed by atoms with Gasteiger partial charge in [-0.3, -0.25) is 0 Å². The van der Waals surface area contributed by atoms with E-state index in [2.05, 4.69) is 5.10 Å². The maximum atomic E-state index is 11.6. The Kier molecular flexibility index (Phi) is 4.66. The van der Waals surface area contributed by atoms with Crippen LogP contribution in [0.3, 0.4) is 0 Å². The maximum absolute atomic E-state index is 11.6. The number of hydrogen-bond acceptors (Lipinski definition) is 4. The highest BCUT2D eigenvalue weighted by Gasteiger charge is 2.22. The van der Waals surface area contributed by atoms with Gasteiger partial charge in [-0.1, -0.05) is 23.2 Å². The highest BCUT2D eigenvalue weighted by Crippen LogP contribution is 2.35. The van der Waals surface area contributed by atoms with Gasteiger partial charge in [-0.25, -0.2) is 14.0 Å². The van der Waals surface area contributed by atoms with Crippen LogP contribution in [0.4, 0.5) is 5.82 Å². The summed E-state index contributed by atoms with van der Waals surface area (Å²) >= 11 is 13.7. The number of aryl methyl sites for hydroxylation is 1. The van der Waals surface area contributed by atoms with Crippen molar-refractivity contribution in [2.24, 2.45) is 5.14 Å². The zero-order valence-electron chi connectivity index (χ0n) is 10.7. The van der Waals surface area contributed by atoms with E-state index in [1.807, 2.05) is 6.92 Å². The molecule has 0 aliphatic carbocycles. The van der Waals surface area contributed by atoms with Crippen LogP contribution in [0.15, 0.2) is 22.1 Å². The fraction of sp³-hybridized carbons (Fsp3) is 0.182. The fourth-order valence-corrected chi connectivity index (χ4v) is 3.99. The zero-order chi connectivity index (χ0) is 15.0. The van der Waals surface area contributed by atoms with Crippen molar-refractivity contribution in [3.63, 3.8) is 0 Å². The van der Waals surface area contributed by atoms with E-state index in [0.717, 1.165) is 5.56 Å². The molecule has 4 N–H and O–H groups in total. The summed E-state index contributed by atoms with van der Waals surface area (Å²) in [6.45, 7) is 1.88. The molecule has 0 aliphatic heterocycles. The Morgan fingerprint density at radius 1 is 1.35 bits per heavy atom. The summed E-state index contributed by atoms with van der Waals surface area (Å²) in [5.74, 6) is 0.169. The molecule has 9 heteroatoms. The minimum atomic E-state index is -1.74. The Hall–Kier alpha value is -0.730. The molecule has 2 aromatic rings. The smallest absolute Gasteiger partial charge is 0.146 e. The van der Waals surface area contributed by atoms with Crippen molar-refractivity contribution in [1.29, 1.82) is 0 Å². The summed E-state index contributed by atoms with van der Waals surface area (Å²) in [5, 5.41) is 11.0. The minimum absolute atomic E-state index is 0.169. The van der Waals surface area contributed by atoms with Crippen LogP contribution in [-0.4, -0.2) is 20.2 Å². The van der Waals surface area contributed by atoms with Crippen molar-refractivity contribution in [2.75, 3.05) is 12.0 Å². The summed E-state index contributed by atoms with van der Waals surface area (Å²) in [5.41, 5.74) is 7.35. The van der Waals surface area contributed by atoms with Gasteiger partial charge >= 0.3 is 0 Å². The number of aromatic nitrogens is 2.